The smallest absolute Gasteiger partial charge is 0.293 e. The Morgan fingerprint density at radius 2 is 2.04 bits per heavy atom. The van der Waals surface area contributed by atoms with E-state index in [1.54, 1.807) is 12.1 Å². The van der Waals surface area contributed by atoms with Crippen LogP contribution < -0.4 is 15.5 Å². The Morgan fingerprint density at radius 3 is 2.61 bits per heavy atom. The number of nitrogens with one attached hydrogen (secondary N) is 2. The first kappa shape index (κ1) is 19.2. The second-order valence-corrected chi connectivity index (χ2v) is 5.55. The minimum atomic E-state index is -0.416. The lowest BCUT2D eigenvalue weighted by Crippen LogP contribution is -2.37. The minimum Gasteiger partial charge on any atom is -0.366 e. The van der Waals surface area contributed by atoms with Crippen LogP contribution in [0.3, 0.4) is 0 Å². The van der Waals surface area contributed by atoms with E-state index in [1.165, 1.54) is 6.07 Å². The monoisotopic (exact) mass is 342 g/mol. The molecule has 1 unspecified atom stereocenters. The average Bonchev–Trinajstić information content (AvgIpc) is 3.05. The number of anilines is 1. The van der Waals surface area contributed by atoms with E-state index in [4.69, 9.17) is 0 Å². The summed E-state index contributed by atoms with van der Waals surface area (Å²) >= 11 is 0. The highest BCUT2D eigenvalue weighted by molar-refractivity contribution is 5.95. The van der Waals surface area contributed by atoms with E-state index in [2.05, 4.69) is 10.6 Å². The van der Waals surface area contributed by atoms with Gasteiger partial charge in [0.15, 0.2) is 0 Å². The number of nitrogens with zero attached hydrogens (tertiary/aromatic N) is 2. The largest absolute Gasteiger partial charge is 0.366 e. The molecule has 0 bridgehead atoms. The summed E-state index contributed by atoms with van der Waals surface area (Å²) in [4.78, 5) is 25.0. The van der Waals surface area contributed by atoms with Crippen molar-refractivity contribution in [3.63, 3.8) is 0 Å². The maximum atomic E-state index is 12.1. The van der Waals surface area contributed by atoms with E-state index in [0.29, 0.717) is 17.8 Å². The molecule has 1 aliphatic heterocycles. The van der Waals surface area contributed by atoms with Crippen molar-refractivity contribution in [3.05, 3.63) is 33.9 Å². The molecule has 0 spiro atoms. The van der Waals surface area contributed by atoms with E-state index in [9.17, 15) is 14.9 Å². The number of hydrogen-bond acceptors (Lipinski definition) is 5. The number of nitro groups is 1. The summed E-state index contributed by atoms with van der Waals surface area (Å²) in [6.45, 7) is 4.06. The van der Waals surface area contributed by atoms with E-state index in [1.807, 2.05) is 18.9 Å². The zero-order chi connectivity index (χ0) is 16.1. The Bertz CT molecular complexity index is 562. The number of benzene rings is 1. The molecule has 0 saturated carbocycles. The van der Waals surface area contributed by atoms with Gasteiger partial charge in [0, 0.05) is 37.3 Å². The maximum absolute atomic E-state index is 12.1. The SMILES string of the molecule is CNC(C)CNC(=O)c1ccc(N2CCCC2)c([N+](=O)[O-])c1.Cl. The zero-order valence-corrected chi connectivity index (χ0v) is 14.2. The highest BCUT2D eigenvalue weighted by atomic mass is 35.5. The minimum absolute atomic E-state index is 0. The lowest BCUT2D eigenvalue weighted by Gasteiger charge is -2.18. The molecule has 1 aromatic rings. The Hall–Kier alpha value is -1.86. The van der Waals surface area contributed by atoms with Gasteiger partial charge in [-0.2, -0.15) is 0 Å². The molecule has 0 radical (unpaired) electrons. The van der Waals surface area contributed by atoms with Gasteiger partial charge in [-0.05, 0) is 38.9 Å². The van der Waals surface area contributed by atoms with Gasteiger partial charge in [-0.3, -0.25) is 14.9 Å². The number of rotatable bonds is 6. The number of hydrogen-bond donors (Lipinski definition) is 2. The van der Waals surface area contributed by atoms with Crippen molar-refractivity contribution in [1.29, 1.82) is 0 Å². The molecule has 1 aromatic carbocycles. The van der Waals surface area contributed by atoms with Gasteiger partial charge in [0.1, 0.15) is 5.69 Å². The van der Waals surface area contributed by atoms with Gasteiger partial charge in [0.25, 0.3) is 11.6 Å². The van der Waals surface area contributed by atoms with Crippen molar-refractivity contribution < 1.29 is 9.72 Å². The highest BCUT2D eigenvalue weighted by Crippen LogP contribution is 2.31. The third kappa shape index (κ3) is 4.80. The lowest BCUT2D eigenvalue weighted by atomic mass is 10.1. The fourth-order valence-electron chi connectivity index (χ4n) is 2.49. The topological polar surface area (TPSA) is 87.5 Å². The average molecular weight is 343 g/mol. The molecule has 0 aliphatic carbocycles. The molecule has 128 valence electrons. The molecule has 2 N–H and O–H groups in total. The Labute approximate surface area is 142 Å². The van der Waals surface area contributed by atoms with Crippen LogP contribution in [0.5, 0.6) is 0 Å². The van der Waals surface area contributed by atoms with Crippen LogP contribution in [-0.4, -0.2) is 43.6 Å². The molecular weight excluding hydrogens is 320 g/mol. The molecule has 2 rings (SSSR count). The first-order valence-corrected chi connectivity index (χ1v) is 7.51. The standard InChI is InChI=1S/C15H22N4O3.ClH/c1-11(16-2)10-17-15(20)12-5-6-13(14(9-12)19(21)22)18-7-3-4-8-18;/h5-6,9,11,16H,3-4,7-8,10H2,1-2H3,(H,17,20);1H. The normalized spacial score (nSPS) is 15.0. The van der Waals surface area contributed by atoms with Gasteiger partial charge in [0.05, 0.1) is 4.92 Å². The summed E-state index contributed by atoms with van der Waals surface area (Å²) in [6.07, 6.45) is 2.09. The Balaban J connectivity index is 0.00000264. The van der Waals surface area contributed by atoms with Gasteiger partial charge in [-0.15, -0.1) is 12.4 Å². The van der Waals surface area contributed by atoms with Gasteiger partial charge < -0.3 is 15.5 Å². The zero-order valence-electron chi connectivity index (χ0n) is 13.4. The maximum Gasteiger partial charge on any atom is 0.293 e. The molecule has 1 saturated heterocycles. The van der Waals surface area contributed by atoms with E-state index in [0.717, 1.165) is 25.9 Å². The number of nitro benzene ring substituents is 1. The summed E-state index contributed by atoms with van der Waals surface area (Å²) in [5.74, 6) is -0.293. The summed E-state index contributed by atoms with van der Waals surface area (Å²) in [6, 6.07) is 4.84. The molecule has 1 amide bonds. The second-order valence-electron chi connectivity index (χ2n) is 5.55. The van der Waals surface area contributed by atoms with Gasteiger partial charge in [-0.1, -0.05) is 0 Å². The van der Waals surface area contributed by atoms with Crippen LogP contribution in [0.25, 0.3) is 0 Å². The first-order chi connectivity index (χ1) is 10.5. The molecule has 7 nitrogen and oxygen atoms in total. The molecule has 1 fully saturated rings. The molecule has 1 atom stereocenters. The van der Waals surface area contributed by atoms with Gasteiger partial charge in [-0.25, -0.2) is 0 Å². The summed E-state index contributed by atoms with van der Waals surface area (Å²) in [7, 11) is 1.81. The summed E-state index contributed by atoms with van der Waals surface area (Å²) in [5, 5.41) is 17.1. The van der Waals surface area contributed by atoms with Gasteiger partial charge in [0.2, 0.25) is 0 Å². The van der Waals surface area contributed by atoms with Crippen LogP contribution in [0, 0.1) is 10.1 Å². The van der Waals surface area contributed by atoms with Crippen LogP contribution >= 0.6 is 12.4 Å². The van der Waals surface area contributed by atoms with Crippen LogP contribution in [0.2, 0.25) is 0 Å². The molecule has 1 aliphatic rings. The first-order valence-electron chi connectivity index (χ1n) is 7.51. The molecule has 23 heavy (non-hydrogen) atoms. The number of likely N-dealkylation sites (N-methyl/N-ethyl adjacent to an activating group) is 1. The molecule has 1 heterocycles. The van der Waals surface area contributed by atoms with E-state index in [-0.39, 0.29) is 30.0 Å². The van der Waals surface area contributed by atoms with Crippen LogP contribution in [0.4, 0.5) is 11.4 Å². The third-order valence-electron chi connectivity index (χ3n) is 3.94. The van der Waals surface area contributed by atoms with Crippen molar-refractivity contribution >= 4 is 29.7 Å². The third-order valence-corrected chi connectivity index (χ3v) is 3.94. The fraction of sp³-hybridized carbons (Fsp3) is 0.533. The van der Waals surface area contributed by atoms with Crippen molar-refractivity contribution in [2.24, 2.45) is 0 Å². The Morgan fingerprint density at radius 1 is 1.39 bits per heavy atom. The molecule has 0 aromatic heterocycles. The van der Waals surface area contributed by atoms with E-state index < -0.39 is 4.92 Å². The lowest BCUT2D eigenvalue weighted by molar-refractivity contribution is -0.384. The van der Waals surface area contributed by atoms with E-state index >= 15 is 0 Å². The van der Waals surface area contributed by atoms with Crippen molar-refractivity contribution in [2.45, 2.75) is 25.8 Å². The fourth-order valence-corrected chi connectivity index (χ4v) is 2.49. The number of carbonyl (C=O) groups excluding carboxylic acids is 1. The molecular formula is C15H23ClN4O3. The van der Waals surface area contributed by atoms with Crippen LogP contribution in [0.1, 0.15) is 30.1 Å². The quantitative estimate of drug-likeness (QED) is 0.609. The summed E-state index contributed by atoms with van der Waals surface area (Å²) in [5.41, 5.74) is 0.914. The van der Waals surface area contributed by atoms with Crippen molar-refractivity contribution in [3.8, 4) is 0 Å². The Kier molecular flexibility index (Phi) is 7.25. The van der Waals surface area contributed by atoms with Crippen molar-refractivity contribution in [1.82, 2.24) is 10.6 Å². The predicted molar refractivity (Wildman–Crippen MR) is 92.6 cm³/mol. The van der Waals surface area contributed by atoms with Crippen LogP contribution in [0.15, 0.2) is 18.2 Å². The molecule has 8 heteroatoms. The highest BCUT2D eigenvalue weighted by Gasteiger charge is 2.23. The summed E-state index contributed by atoms with van der Waals surface area (Å²) < 4.78 is 0. The second kappa shape index (κ2) is 8.69. The predicted octanol–water partition coefficient (Wildman–Crippen LogP) is 1.95. The van der Waals surface area contributed by atoms with Crippen LogP contribution in [-0.2, 0) is 0 Å². The number of carbonyl (C=O) groups is 1. The number of halogens is 1. The van der Waals surface area contributed by atoms with Crippen molar-refractivity contribution in [2.75, 3.05) is 31.6 Å². The number of amides is 1. The van der Waals surface area contributed by atoms with Gasteiger partial charge >= 0.3 is 0 Å².